The van der Waals surface area contributed by atoms with E-state index in [1.165, 1.54) is 0 Å². The van der Waals surface area contributed by atoms with Crippen LogP contribution in [0.2, 0.25) is 0 Å². The zero-order chi connectivity index (χ0) is 28.8. The Labute approximate surface area is 244 Å². The van der Waals surface area contributed by atoms with Crippen molar-refractivity contribution in [3.05, 3.63) is 118 Å². The molecule has 2 N–H and O–H groups in total. The normalized spacial score (nSPS) is 11.8. The lowest BCUT2D eigenvalue weighted by molar-refractivity contribution is 1.24. The molecule has 0 aliphatic carbocycles. The topological polar surface area (TPSA) is 57.4 Å². The monoisotopic (exact) mass is 538 g/mol. The van der Waals surface area contributed by atoms with E-state index >= 15 is 0 Å². The predicted molar refractivity (Wildman–Crippen MR) is 175 cm³/mol. The van der Waals surface area contributed by atoms with Crippen LogP contribution in [-0.4, -0.2) is 19.9 Å². The zero-order valence-corrected chi connectivity index (χ0v) is 23.3. The Hall–Kier alpha value is -5.84. The molecule has 5 heterocycles. The largest absolute Gasteiger partial charge is 0.355 e. The van der Waals surface area contributed by atoms with E-state index in [-0.39, 0.29) is 0 Å². The van der Waals surface area contributed by atoms with Gasteiger partial charge in [0.25, 0.3) is 0 Å². The molecule has 0 unspecified atom stereocenters. The number of hydrogen-bond acceptors (Lipinski definition) is 2. The van der Waals surface area contributed by atoms with Gasteiger partial charge in [-0.1, -0.05) is 36.1 Å². The predicted octanol–water partition coefficient (Wildman–Crippen LogP) is 8.57. The number of fused-ring (bicyclic) bond motifs is 8. The number of nitrogens with zero attached hydrogens (tertiary/aromatic N) is 2. The summed E-state index contributed by atoms with van der Waals surface area (Å²) in [5.74, 6) is 5.42. The molecule has 0 radical (unpaired) electrons. The fourth-order valence-corrected chi connectivity index (χ4v) is 5.57. The molecular formula is C38H26N4. The van der Waals surface area contributed by atoms with Crippen LogP contribution < -0.4 is 0 Å². The molecule has 42 heavy (non-hydrogen) atoms. The molecule has 4 heteroatoms. The molecule has 8 bridgehead atoms. The fraction of sp³-hybridized carbons (Fsp3) is 0.0526. The summed E-state index contributed by atoms with van der Waals surface area (Å²) < 4.78 is 0. The average molecular weight is 539 g/mol. The third-order valence-electron chi connectivity index (χ3n) is 7.96. The Balaban J connectivity index is 1.59. The molecule has 0 spiro atoms. The first-order valence-electron chi connectivity index (χ1n) is 13.8. The quantitative estimate of drug-likeness (QED) is 0.217. The van der Waals surface area contributed by atoms with Crippen molar-refractivity contribution in [2.45, 2.75) is 13.8 Å². The van der Waals surface area contributed by atoms with Crippen molar-refractivity contribution >= 4 is 46.4 Å². The number of nitrogens with one attached hydrogen (secondary N) is 2. The van der Waals surface area contributed by atoms with Gasteiger partial charge in [-0.2, -0.15) is 0 Å². The lowest BCUT2D eigenvalue weighted by atomic mass is 10.0. The number of aromatic amines is 2. The molecule has 2 aliphatic heterocycles. The smallest absolute Gasteiger partial charge is 0.0737 e. The molecule has 0 atom stereocenters. The summed E-state index contributed by atoms with van der Waals surface area (Å²) in [6.07, 6.45) is 19.5. The summed E-state index contributed by atoms with van der Waals surface area (Å²) in [7, 11) is 0. The van der Waals surface area contributed by atoms with Gasteiger partial charge in [-0.3, -0.25) is 0 Å². The number of H-pyrrole nitrogens is 2. The molecule has 5 aromatic rings. The van der Waals surface area contributed by atoms with Crippen molar-refractivity contribution in [3.8, 4) is 46.9 Å². The molecule has 0 saturated carbocycles. The number of aromatic nitrogens is 4. The molecule has 0 saturated heterocycles. The van der Waals surface area contributed by atoms with Crippen molar-refractivity contribution < 1.29 is 0 Å². The van der Waals surface area contributed by atoms with Crippen molar-refractivity contribution in [3.63, 3.8) is 0 Å². The minimum Gasteiger partial charge on any atom is -0.355 e. The highest BCUT2D eigenvalue weighted by atomic mass is 14.8. The summed E-state index contributed by atoms with van der Waals surface area (Å²) in [4.78, 5) is 17.5. The second-order valence-electron chi connectivity index (χ2n) is 10.4. The zero-order valence-electron chi connectivity index (χ0n) is 23.3. The van der Waals surface area contributed by atoms with Crippen LogP contribution in [-0.2, 0) is 0 Å². The maximum Gasteiger partial charge on any atom is 0.0737 e. The standard InChI is InChI=1S/C38H26N4/c1-5-25-7-11-27(12-8-25)37-33-19-15-29(39-33)23(3)31-17-21-35(41-31)38(28-13-9-26(6-2)10-14-28)36-22-18-32(42-36)24(4)30-16-20-34(37)40-30/h1-2,7-22,39-40H,3-4H3. The lowest BCUT2D eigenvalue weighted by Gasteiger charge is -2.05. The van der Waals surface area contributed by atoms with Gasteiger partial charge in [-0.05, 0) is 109 Å². The SMILES string of the molecule is C#Cc1ccc(-c2c3nc(c(C)c4ccc([nH]4)c(-c4ccc(C#C)cc4)c4ccc([nH]4)c(C)c4nc2C=C4)C=C3)cc1. The summed E-state index contributed by atoms with van der Waals surface area (Å²) in [6, 6.07) is 24.6. The minimum absolute atomic E-state index is 0.835. The molecule has 0 amide bonds. The van der Waals surface area contributed by atoms with Gasteiger partial charge in [0.15, 0.2) is 0 Å². The molecule has 7 rings (SSSR count). The van der Waals surface area contributed by atoms with Crippen molar-refractivity contribution in [2.24, 2.45) is 0 Å². The van der Waals surface area contributed by atoms with E-state index in [4.69, 9.17) is 22.8 Å². The van der Waals surface area contributed by atoms with Crippen LogP contribution in [0.4, 0.5) is 0 Å². The van der Waals surface area contributed by atoms with Crippen LogP contribution in [0.5, 0.6) is 0 Å². The summed E-state index contributed by atoms with van der Waals surface area (Å²) in [6.45, 7) is 4.19. The molecular weight excluding hydrogens is 512 g/mol. The van der Waals surface area contributed by atoms with Crippen LogP contribution in [0.25, 0.3) is 68.6 Å². The number of hydrogen-bond donors (Lipinski definition) is 2. The molecule has 3 aromatic heterocycles. The first-order valence-corrected chi connectivity index (χ1v) is 13.8. The fourth-order valence-electron chi connectivity index (χ4n) is 5.57. The van der Waals surface area contributed by atoms with Gasteiger partial charge >= 0.3 is 0 Å². The number of aryl methyl sites for hydroxylation is 2. The molecule has 2 aromatic carbocycles. The van der Waals surface area contributed by atoms with Gasteiger partial charge < -0.3 is 9.97 Å². The Morgan fingerprint density at radius 3 is 1.29 bits per heavy atom. The molecule has 2 aliphatic rings. The first kappa shape index (κ1) is 25.1. The van der Waals surface area contributed by atoms with Crippen LogP contribution >= 0.6 is 0 Å². The van der Waals surface area contributed by atoms with E-state index in [9.17, 15) is 0 Å². The summed E-state index contributed by atoms with van der Waals surface area (Å²) in [5.41, 5.74) is 15.4. The Morgan fingerprint density at radius 2 is 0.857 bits per heavy atom. The van der Waals surface area contributed by atoms with E-state index in [1.54, 1.807) is 0 Å². The maximum absolute atomic E-state index is 5.64. The van der Waals surface area contributed by atoms with Crippen molar-refractivity contribution in [1.29, 1.82) is 0 Å². The third-order valence-corrected chi connectivity index (χ3v) is 7.96. The molecule has 4 nitrogen and oxygen atoms in total. The second-order valence-corrected chi connectivity index (χ2v) is 10.4. The highest BCUT2D eigenvalue weighted by Crippen LogP contribution is 2.34. The highest BCUT2D eigenvalue weighted by molar-refractivity contribution is 5.95. The first-order chi connectivity index (χ1) is 20.5. The third kappa shape index (κ3) is 4.24. The summed E-state index contributed by atoms with van der Waals surface area (Å²) in [5, 5.41) is 0. The lowest BCUT2D eigenvalue weighted by Crippen LogP contribution is -1.90. The van der Waals surface area contributed by atoms with Gasteiger partial charge in [0, 0.05) is 44.3 Å². The Kier molecular flexibility index (Phi) is 5.97. The molecule has 0 fully saturated rings. The number of terminal acetylenes is 2. The van der Waals surface area contributed by atoms with Crippen LogP contribution in [0.15, 0.2) is 72.8 Å². The number of benzene rings is 2. The van der Waals surface area contributed by atoms with E-state index < -0.39 is 0 Å². The Morgan fingerprint density at radius 1 is 0.476 bits per heavy atom. The van der Waals surface area contributed by atoms with Gasteiger partial charge in [-0.25, -0.2) is 9.97 Å². The van der Waals surface area contributed by atoms with E-state index in [0.717, 1.165) is 89.4 Å². The van der Waals surface area contributed by atoms with E-state index in [1.807, 2.05) is 36.4 Å². The van der Waals surface area contributed by atoms with Crippen LogP contribution in [0.3, 0.4) is 0 Å². The van der Waals surface area contributed by atoms with Gasteiger partial charge in [0.2, 0.25) is 0 Å². The van der Waals surface area contributed by atoms with Gasteiger partial charge in [0.1, 0.15) is 0 Å². The van der Waals surface area contributed by atoms with Crippen molar-refractivity contribution in [1.82, 2.24) is 19.9 Å². The number of rotatable bonds is 2. The molecule has 198 valence electrons. The van der Waals surface area contributed by atoms with Crippen LogP contribution in [0, 0.1) is 38.5 Å². The van der Waals surface area contributed by atoms with Crippen LogP contribution in [0.1, 0.15) is 45.0 Å². The average Bonchev–Trinajstić information content (AvgIpc) is 3.85. The summed E-state index contributed by atoms with van der Waals surface area (Å²) >= 11 is 0. The van der Waals surface area contributed by atoms with Gasteiger partial charge in [0.05, 0.1) is 22.8 Å². The van der Waals surface area contributed by atoms with Crippen molar-refractivity contribution in [2.75, 3.05) is 0 Å². The van der Waals surface area contributed by atoms with E-state index in [2.05, 4.69) is 96.4 Å². The second kappa shape index (κ2) is 9.97. The maximum atomic E-state index is 5.64. The van der Waals surface area contributed by atoms with Gasteiger partial charge in [-0.15, -0.1) is 12.8 Å². The highest BCUT2D eigenvalue weighted by Gasteiger charge is 2.16. The van der Waals surface area contributed by atoms with E-state index in [0.29, 0.717) is 0 Å². The Bertz CT molecular complexity index is 2100. The minimum atomic E-state index is 0.835.